The van der Waals surface area contributed by atoms with E-state index in [1.54, 1.807) is 0 Å². The van der Waals surface area contributed by atoms with Gasteiger partial charge in [-0.2, -0.15) is 0 Å². The average Bonchev–Trinajstić information content (AvgIpc) is 3.27. The number of hydrogen-bond acceptors (Lipinski definition) is 5. The zero-order chi connectivity index (χ0) is 13.7. The molecule has 0 aromatic carbocycles. The molecule has 0 amide bonds. The number of unbranched alkanes of at least 4 members (excludes halogenated alkanes) is 2. The van der Waals surface area contributed by atoms with Crippen molar-refractivity contribution in [1.29, 1.82) is 0 Å². The van der Waals surface area contributed by atoms with Gasteiger partial charge >= 0.3 is 0 Å². The van der Waals surface area contributed by atoms with Crippen LogP contribution in [-0.2, 0) is 0 Å². The molecule has 1 aliphatic rings. The van der Waals surface area contributed by atoms with Gasteiger partial charge in [0.25, 0.3) is 0 Å². The van der Waals surface area contributed by atoms with Crippen LogP contribution in [0.1, 0.15) is 43.8 Å². The van der Waals surface area contributed by atoms with Crippen LogP contribution in [0.4, 0.5) is 11.6 Å². The highest BCUT2D eigenvalue weighted by atomic mass is 16.2. The van der Waals surface area contributed by atoms with E-state index in [-0.39, 0.29) is 6.61 Å². The van der Waals surface area contributed by atoms with E-state index in [2.05, 4.69) is 27.2 Å². The van der Waals surface area contributed by atoms with E-state index >= 15 is 0 Å². The monoisotopic (exact) mass is 264 g/mol. The van der Waals surface area contributed by atoms with Crippen molar-refractivity contribution in [3.63, 3.8) is 0 Å². The Hall–Kier alpha value is -1.36. The molecule has 0 atom stereocenters. The molecule has 1 fully saturated rings. The Morgan fingerprint density at radius 2 is 2.11 bits per heavy atom. The predicted octanol–water partition coefficient (Wildman–Crippen LogP) is 1.99. The van der Waals surface area contributed by atoms with E-state index in [1.807, 2.05) is 13.1 Å². The molecule has 2 N–H and O–H groups in total. The van der Waals surface area contributed by atoms with Gasteiger partial charge in [0.2, 0.25) is 0 Å². The van der Waals surface area contributed by atoms with Crippen molar-refractivity contribution < 1.29 is 5.11 Å². The predicted molar refractivity (Wildman–Crippen MR) is 77.8 cm³/mol. The maximum Gasteiger partial charge on any atom is 0.136 e. The molecule has 0 spiro atoms. The van der Waals surface area contributed by atoms with Crippen molar-refractivity contribution in [3.8, 4) is 0 Å². The smallest absolute Gasteiger partial charge is 0.136 e. The Balaban J connectivity index is 1.98. The number of aromatic nitrogens is 2. The molecular weight excluding hydrogens is 240 g/mol. The van der Waals surface area contributed by atoms with Crippen LogP contribution >= 0.6 is 0 Å². The minimum atomic E-state index is 0.285. The van der Waals surface area contributed by atoms with Crippen LogP contribution < -0.4 is 10.2 Å². The number of hydrogen-bond donors (Lipinski definition) is 2. The summed E-state index contributed by atoms with van der Waals surface area (Å²) in [4.78, 5) is 11.4. The number of aliphatic hydroxyl groups excluding tert-OH is 1. The van der Waals surface area contributed by atoms with Crippen molar-refractivity contribution in [2.24, 2.45) is 0 Å². The average molecular weight is 264 g/mol. The van der Waals surface area contributed by atoms with E-state index in [1.165, 1.54) is 12.8 Å². The summed E-state index contributed by atoms with van der Waals surface area (Å²) in [6.07, 6.45) is 5.45. The van der Waals surface area contributed by atoms with E-state index in [0.29, 0.717) is 5.92 Å². The number of anilines is 2. The third-order valence-electron chi connectivity index (χ3n) is 3.47. The quantitative estimate of drug-likeness (QED) is 0.703. The fourth-order valence-corrected chi connectivity index (χ4v) is 2.05. The molecule has 1 aromatic rings. The molecule has 0 bridgehead atoms. The Morgan fingerprint density at radius 1 is 1.32 bits per heavy atom. The Bertz CT molecular complexity index is 406. The molecule has 2 rings (SSSR count). The van der Waals surface area contributed by atoms with E-state index < -0.39 is 0 Å². The zero-order valence-electron chi connectivity index (χ0n) is 11.9. The van der Waals surface area contributed by atoms with Crippen molar-refractivity contribution >= 4 is 11.6 Å². The van der Waals surface area contributed by atoms with Gasteiger partial charge in [0.05, 0.1) is 0 Å². The van der Waals surface area contributed by atoms with E-state index in [0.717, 1.165) is 43.3 Å². The minimum Gasteiger partial charge on any atom is -0.396 e. The van der Waals surface area contributed by atoms with Crippen LogP contribution in [0, 0.1) is 0 Å². The molecule has 1 saturated carbocycles. The van der Waals surface area contributed by atoms with Gasteiger partial charge in [0, 0.05) is 39.2 Å². The van der Waals surface area contributed by atoms with Gasteiger partial charge in [-0.3, -0.25) is 0 Å². The van der Waals surface area contributed by atoms with Crippen molar-refractivity contribution in [3.05, 3.63) is 11.9 Å². The van der Waals surface area contributed by atoms with Gasteiger partial charge in [-0.25, -0.2) is 9.97 Å². The van der Waals surface area contributed by atoms with Crippen molar-refractivity contribution in [1.82, 2.24) is 9.97 Å². The van der Waals surface area contributed by atoms with Gasteiger partial charge in [-0.15, -0.1) is 0 Å². The second-order valence-electron chi connectivity index (χ2n) is 5.20. The first-order chi connectivity index (χ1) is 9.24. The Kier molecular flexibility index (Phi) is 4.96. The van der Waals surface area contributed by atoms with Crippen LogP contribution in [0.5, 0.6) is 0 Å². The first kappa shape index (κ1) is 14.1. The van der Waals surface area contributed by atoms with Gasteiger partial charge in [-0.05, 0) is 32.1 Å². The highest BCUT2D eigenvalue weighted by Crippen LogP contribution is 2.39. The number of rotatable bonds is 8. The maximum atomic E-state index is 8.78. The molecule has 0 unspecified atom stereocenters. The lowest BCUT2D eigenvalue weighted by atomic mass is 10.2. The molecule has 0 aliphatic heterocycles. The summed E-state index contributed by atoms with van der Waals surface area (Å²) in [6, 6.07) is 2.00. The maximum absolute atomic E-state index is 8.78. The highest BCUT2D eigenvalue weighted by molar-refractivity contribution is 5.49. The molecule has 0 radical (unpaired) electrons. The van der Waals surface area contributed by atoms with Crippen molar-refractivity contribution in [2.75, 3.05) is 37.5 Å². The van der Waals surface area contributed by atoms with Gasteiger partial charge in [0.1, 0.15) is 17.5 Å². The largest absolute Gasteiger partial charge is 0.396 e. The summed E-state index contributed by atoms with van der Waals surface area (Å²) >= 11 is 0. The summed E-state index contributed by atoms with van der Waals surface area (Å²) in [5, 5.41) is 11.9. The molecule has 5 nitrogen and oxygen atoms in total. The molecule has 5 heteroatoms. The van der Waals surface area contributed by atoms with Gasteiger partial charge < -0.3 is 15.3 Å². The normalized spacial score (nSPS) is 14.5. The summed E-state index contributed by atoms with van der Waals surface area (Å²) in [6.45, 7) is 1.25. The number of nitrogens with zero attached hydrogens (tertiary/aromatic N) is 3. The second kappa shape index (κ2) is 6.70. The Labute approximate surface area is 115 Å². The summed E-state index contributed by atoms with van der Waals surface area (Å²) < 4.78 is 0. The van der Waals surface area contributed by atoms with Crippen LogP contribution in [0.25, 0.3) is 0 Å². The third kappa shape index (κ3) is 4.06. The van der Waals surface area contributed by atoms with Crippen LogP contribution in [0.2, 0.25) is 0 Å². The first-order valence-corrected chi connectivity index (χ1v) is 7.13. The van der Waals surface area contributed by atoms with Crippen LogP contribution in [0.15, 0.2) is 6.07 Å². The summed E-state index contributed by atoms with van der Waals surface area (Å²) in [5.41, 5.74) is 0. The van der Waals surface area contributed by atoms with E-state index in [4.69, 9.17) is 5.11 Å². The Morgan fingerprint density at radius 3 is 2.74 bits per heavy atom. The second-order valence-corrected chi connectivity index (χ2v) is 5.20. The van der Waals surface area contributed by atoms with Crippen molar-refractivity contribution in [2.45, 2.75) is 38.0 Å². The van der Waals surface area contributed by atoms with Gasteiger partial charge in [-0.1, -0.05) is 0 Å². The molecule has 106 valence electrons. The lowest BCUT2D eigenvalue weighted by Crippen LogP contribution is -2.21. The topological polar surface area (TPSA) is 61.3 Å². The molecular formula is C14H24N4O. The SMILES string of the molecule is CNc1cc(N(C)CCCCCO)nc(C2CC2)n1. The molecule has 0 saturated heterocycles. The third-order valence-corrected chi connectivity index (χ3v) is 3.47. The fourth-order valence-electron chi connectivity index (χ4n) is 2.05. The lowest BCUT2D eigenvalue weighted by molar-refractivity contribution is 0.283. The molecule has 19 heavy (non-hydrogen) atoms. The molecule has 1 aromatic heterocycles. The minimum absolute atomic E-state index is 0.285. The molecule has 1 heterocycles. The highest BCUT2D eigenvalue weighted by Gasteiger charge is 2.27. The van der Waals surface area contributed by atoms with Crippen LogP contribution in [-0.4, -0.2) is 42.3 Å². The zero-order valence-corrected chi connectivity index (χ0v) is 11.9. The van der Waals surface area contributed by atoms with Crippen LogP contribution in [0.3, 0.4) is 0 Å². The number of nitrogens with one attached hydrogen (secondary N) is 1. The summed E-state index contributed by atoms with van der Waals surface area (Å²) in [5.74, 6) is 3.43. The fraction of sp³-hybridized carbons (Fsp3) is 0.714. The lowest BCUT2D eigenvalue weighted by Gasteiger charge is -2.19. The summed E-state index contributed by atoms with van der Waals surface area (Å²) in [7, 11) is 3.96. The van der Waals surface area contributed by atoms with Gasteiger partial charge in [0.15, 0.2) is 0 Å². The number of aliphatic hydroxyl groups is 1. The first-order valence-electron chi connectivity index (χ1n) is 7.13. The standard InChI is InChI=1S/C14H24N4O/c1-15-12-10-13(17-14(16-12)11-6-7-11)18(2)8-4-3-5-9-19/h10-11,19H,3-9H2,1-2H3,(H,15,16,17). The molecule has 1 aliphatic carbocycles. The van der Waals surface area contributed by atoms with E-state index in [9.17, 15) is 0 Å².